The van der Waals surface area contributed by atoms with Crippen molar-refractivity contribution in [2.75, 3.05) is 44.1 Å². The number of thiazole rings is 1. The number of ether oxygens (including phenoxy) is 2. The zero-order chi connectivity index (χ0) is 28.3. The Kier molecular flexibility index (Phi) is 7.95. The number of thioether (sulfide) groups is 1. The van der Waals surface area contributed by atoms with Crippen LogP contribution in [0.25, 0.3) is 11.8 Å². The molecule has 0 N–H and O–H groups in total. The number of furan rings is 1. The van der Waals surface area contributed by atoms with Crippen molar-refractivity contribution in [3.63, 3.8) is 0 Å². The Balaban J connectivity index is 1.54. The number of anilines is 1. The summed E-state index contributed by atoms with van der Waals surface area (Å²) in [4.78, 5) is 36.2. The molecule has 4 aromatic rings. The summed E-state index contributed by atoms with van der Waals surface area (Å²) in [6, 6.07) is 20.5. The normalized spacial score (nSPS) is 17.4. The quantitative estimate of drug-likeness (QED) is 0.238. The van der Waals surface area contributed by atoms with Crippen LogP contribution in [0.4, 0.5) is 5.88 Å². The average molecular weight is 588 g/mol. The number of hydrogen-bond donors (Lipinski definition) is 0. The largest absolute Gasteiger partial charge is 0.463 e. The second-order valence-corrected chi connectivity index (χ2v) is 11.4. The molecule has 0 radical (unpaired) electrons. The van der Waals surface area contributed by atoms with E-state index in [2.05, 4.69) is 4.90 Å². The first-order valence-electron chi connectivity index (χ1n) is 13.4. The van der Waals surface area contributed by atoms with Gasteiger partial charge >= 0.3 is 5.97 Å². The van der Waals surface area contributed by atoms with Gasteiger partial charge in [0.1, 0.15) is 5.76 Å². The molecule has 2 aromatic carbocycles. The summed E-state index contributed by atoms with van der Waals surface area (Å²) in [6.45, 7) is 4.79. The first kappa shape index (κ1) is 27.3. The molecule has 2 aliphatic rings. The summed E-state index contributed by atoms with van der Waals surface area (Å²) in [5, 5.41) is 0. The van der Waals surface area contributed by atoms with Gasteiger partial charge in [0.15, 0.2) is 10.7 Å². The van der Waals surface area contributed by atoms with Gasteiger partial charge in [-0.15, -0.1) is 11.8 Å². The number of carbonyl (C=O) groups excluding carboxylic acids is 1. The van der Waals surface area contributed by atoms with Crippen LogP contribution in [0.1, 0.15) is 29.9 Å². The lowest BCUT2D eigenvalue weighted by Crippen LogP contribution is -2.40. The van der Waals surface area contributed by atoms with Crippen molar-refractivity contribution in [1.82, 2.24) is 4.57 Å². The SMILES string of the molecule is CCOC(=O)C1=C(c2ccccc2)N=c2s/c(=C\c3ccc(N4CCOCC4)o3)c(=O)n2[C@@H]1c1ccc(SC)cc1. The zero-order valence-corrected chi connectivity index (χ0v) is 24.4. The highest BCUT2D eigenvalue weighted by Crippen LogP contribution is 2.35. The molecule has 1 saturated heterocycles. The van der Waals surface area contributed by atoms with E-state index in [-0.39, 0.29) is 12.2 Å². The number of carbonyl (C=O) groups is 1. The Morgan fingerprint density at radius 2 is 1.85 bits per heavy atom. The third-order valence-corrected chi connectivity index (χ3v) is 8.74. The number of aromatic nitrogens is 1. The molecule has 6 rings (SSSR count). The molecule has 0 amide bonds. The minimum absolute atomic E-state index is 0.205. The highest BCUT2D eigenvalue weighted by molar-refractivity contribution is 7.98. The Morgan fingerprint density at radius 3 is 2.56 bits per heavy atom. The maximum atomic E-state index is 14.0. The van der Waals surface area contributed by atoms with Gasteiger partial charge in [-0.3, -0.25) is 9.36 Å². The Labute approximate surface area is 245 Å². The molecule has 1 atom stereocenters. The van der Waals surface area contributed by atoms with Crippen LogP contribution in [0.3, 0.4) is 0 Å². The van der Waals surface area contributed by atoms with E-state index in [0.717, 1.165) is 35.0 Å². The molecule has 10 heteroatoms. The molecule has 0 bridgehead atoms. The molecular weight excluding hydrogens is 558 g/mol. The molecular formula is C31H29N3O5S2. The zero-order valence-electron chi connectivity index (χ0n) is 22.7. The van der Waals surface area contributed by atoms with E-state index in [1.807, 2.05) is 73.0 Å². The monoisotopic (exact) mass is 587 g/mol. The van der Waals surface area contributed by atoms with Gasteiger partial charge in [0, 0.05) is 35.7 Å². The van der Waals surface area contributed by atoms with Crippen molar-refractivity contribution < 1.29 is 18.7 Å². The van der Waals surface area contributed by atoms with Crippen LogP contribution < -0.4 is 19.8 Å². The van der Waals surface area contributed by atoms with Crippen molar-refractivity contribution >= 4 is 46.7 Å². The van der Waals surface area contributed by atoms with Crippen LogP contribution >= 0.6 is 23.1 Å². The van der Waals surface area contributed by atoms with Crippen molar-refractivity contribution in [3.8, 4) is 0 Å². The number of hydrogen-bond acceptors (Lipinski definition) is 9. The fourth-order valence-corrected chi connectivity index (χ4v) is 6.43. The number of esters is 1. The molecule has 2 aromatic heterocycles. The summed E-state index contributed by atoms with van der Waals surface area (Å²) in [7, 11) is 0. The number of benzene rings is 2. The Hall–Kier alpha value is -3.86. The first-order chi connectivity index (χ1) is 20.1. The fraction of sp³-hybridized carbons (Fsp3) is 0.258. The number of rotatable bonds is 7. The topological polar surface area (TPSA) is 86.3 Å². The molecule has 0 unspecified atom stereocenters. The van der Waals surface area contributed by atoms with Gasteiger partial charge in [0.05, 0.1) is 41.7 Å². The van der Waals surface area contributed by atoms with Crippen molar-refractivity contribution in [3.05, 3.63) is 109 Å². The van der Waals surface area contributed by atoms with Crippen molar-refractivity contribution in [2.24, 2.45) is 4.99 Å². The van der Waals surface area contributed by atoms with Gasteiger partial charge in [0.2, 0.25) is 0 Å². The van der Waals surface area contributed by atoms with Gasteiger partial charge in [-0.2, -0.15) is 0 Å². The maximum Gasteiger partial charge on any atom is 0.338 e. The van der Waals surface area contributed by atoms with E-state index in [1.165, 1.54) is 11.3 Å². The fourth-order valence-electron chi connectivity index (χ4n) is 5.04. The van der Waals surface area contributed by atoms with E-state index in [9.17, 15) is 9.59 Å². The van der Waals surface area contributed by atoms with Gasteiger partial charge in [-0.1, -0.05) is 53.8 Å². The molecule has 4 heterocycles. The van der Waals surface area contributed by atoms with Gasteiger partial charge in [-0.05, 0) is 36.9 Å². The first-order valence-corrected chi connectivity index (χ1v) is 15.5. The molecule has 2 aliphatic heterocycles. The third-order valence-electron chi connectivity index (χ3n) is 7.01. The second kappa shape index (κ2) is 11.9. The van der Waals surface area contributed by atoms with Crippen molar-refractivity contribution in [2.45, 2.75) is 17.9 Å². The Bertz CT molecular complexity index is 1760. The van der Waals surface area contributed by atoms with Crippen molar-refractivity contribution in [1.29, 1.82) is 0 Å². The summed E-state index contributed by atoms with van der Waals surface area (Å²) in [5.74, 6) is 0.824. The molecule has 210 valence electrons. The molecule has 41 heavy (non-hydrogen) atoms. The summed E-state index contributed by atoms with van der Waals surface area (Å²) in [5.41, 5.74) is 2.17. The van der Waals surface area contributed by atoms with Crippen LogP contribution in [0.2, 0.25) is 0 Å². The van der Waals surface area contributed by atoms with E-state index < -0.39 is 12.0 Å². The molecule has 0 aliphatic carbocycles. The van der Waals surface area contributed by atoms with E-state index >= 15 is 0 Å². The van der Waals surface area contributed by atoms with Gasteiger partial charge < -0.3 is 18.8 Å². The third kappa shape index (κ3) is 5.42. The van der Waals surface area contributed by atoms with Crippen LogP contribution in [-0.4, -0.2) is 49.7 Å². The number of fused-ring (bicyclic) bond motifs is 1. The summed E-state index contributed by atoms with van der Waals surface area (Å²) in [6.07, 6.45) is 3.76. The minimum atomic E-state index is -0.709. The van der Waals surface area contributed by atoms with E-state index in [4.69, 9.17) is 18.9 Å². The lowest BCUT2D eigenvalue weighted by atomic mass is 9.93. The lowest BCUT2D eigenvalue weighted by Gasteiger charge is -2.26. The van der Waals surface area contributed by atoms with E-state index in [0.29, 0.717) is 39.6 Å². The summed E-state index contributed by atoms with van der Waals surface area (Å²) >= 11 is 2.91. The summed E-state index contributed by atoms with van der Waals surface area (Å²) < 4.78 is 19.1. The van der Waals surface area contributed by atoms with Crippen LogP contribution in [0.5, 0.6) is 0 Å². The molecule has 0 saturated carbocycles. The molecule has 8 nitrogen and oxygen atoms in total. The van der Waals surface area contributed by atoms with E-state index in [1.54, 1.807) is 29.3 Å². The van der Waals surface area contributed by atoms with Gasteiger partial charge in [0.25, 0.3) is 5.56 Å². The van der Waals surface area contributed by atoms with Crippen LogP contribution in [0, 0.1) is 0 Å². The Morgan fingerprint density at radius 1 is 1.10 bits per heavy atom. The van der Waals surface area contributed by atoms with Crippen LogP contribution in [-0.2, 0) is 14.3 Å². The highest BCUT2D eigenvalue weighted by atomic mass is 32.2. The second-order valence-electron chi connectivity index (χ2n) is 9.48. The highest BCUT2D eigenvalue weighted by Gasteiger charge is 2.35. The predicted octanol–water partition coefficient (Wildman–Crippen LogP) is 4.09. The predicted molar refractivity (Wildman–Crippen MR) is 161 cm³/mol. The van der Waals surface area contributed by atoms with Gasteiger partial charge in [-0.25, -0.2) is 9.79 Å². The maximum absolute atomic E-state index is 14.0. The van der Waals surface area contributed by atoms with Crippen LogP contribution in [0.15, 0.2) is 91.4 Å². The average Bonchev–Trinajstić information content (AvgIpc) is 3.61. The number of morpholine rings is 1. The lowest BCUT2D eigenvalue weighted by molar-refractivity contribution is -0.138. The number of nitrogens with zero attached hydrogens (tertiary/aromatic N) is 3. The molecule has 1 fully saturated rings. The molecule has 0 spiro atoms. The smallest absolute Gasteiger partial charge is 0.338 e. The minimum Gasteiger partial charge on any atom is -0.463 e. The standard InChI is InChI=1S/C31H29N3O5S2/c1-3-38-30(36)26-27(20-7-5-4-6-8-20)32-31-34(28(26)21-9-12-23(40-2)13-10-21)29(35)24(41-31)19-22-11-14-25(39-22)33-15-17-37-18-16-33/h4-14,19,28H,3,15-18H2,1-2H3/b24-19-/t28-/m1/s1.